The third-order valence-corrected chi connectivity index (χ3v) is 26.8. The molecule has 0 fully saturated rings. The van der Waals surface area contributed by atoms with Gasteiger partial charge < -0.3 is 14.7 Å². The summed E-state index contributed by atoms with van der Waals surface area (Å²) in [7, 11) is 0. The molecular weight excluding hydrogens is 1420 g/mol. The number of fused-ring (bicyclic) bond motifs is 14. The van der Waals surface area contributed by atoms with Crippen LogP contribution in [0.1, 0.15) is 0 Å². The molecule has 0 N–H and O–H groups in total. The summed E-state index contributed by atoms with van der Waals surface area (Å²) in [6.07, 6.45) is 0. The van der Waals surface area contributed by atoms with Crippen molar-refractivity contribution < 1.29 is 4.74 Å². The second kappa shape index (κ2) is 24.6. The van der Waals surface area contributed by atoms with Gasteiger partial charge in [-0.15, -0.1) is 0 Å². The zero-order chi connectivity index (χ0) is 69.5. The number of ether oxygens (including phenoxy) is 1. The molecule has 4 aliphatic rings. The predicted molar refractivity (Wildman–Crippen MR) is 450 cm³/mol. The fraction of sp³-hybridized carbons (Fsp3) is 0. The van der Waals surface area contributed by atoms with Crippen molar-refractivity contribution >= 4 is 199 Å². The zero-order valence-electron chi connectivity index (χ0n) is 57.3. The summed E-state index contributed by atoms with van der Waals surface area (Å²) in [6, 6.07) is 138. The minimum absolute atomic E-state index is 0.202. The van der Waals surface area contributed by atoms with Gasteiger partial charge in [0.05, 0.1) is 11.4 Å². The molecule has 22 rings (SSSR count). The third-order valence-electron chi connectivity index (χ3n) is 22.0. The summed E-state index contributed by atoms with van der Waals surface area (Å²) in [5.74, 6) is 1.63. The Labute approximate surface area is 627 Å². The van der Waals surface area contributed by atoms with Gasteiger partial charge in [0.15, 0.2) is 0 Å². The van der Waals surface area contributed by atoms with Gasteiger partial charge >= 0.3 is 333 Å². The second-order valence-corrected chi connectivity index (χ2v) is 32.4. The first-order valence-electron chi connectivity index (χ1n) is 36.3. The Kier molecular flexibility index (Phi) is 14.1. The second-order valence-electron chi connectivity index (χ2n) is 27.8. The summed E-state index contributed by atoms with van der Waals surface area (Å²) >= 11 is 0.412. The van der Waals surface area contributed by atoms with Gasteiger partial charge in [0.1, 0.15) is 0 Å². The van der Waals surface area contributed by atoms with E-state index in [-0.39, 0.29) is 42.4 Å². The first kappa shape index (κ1) is 61.0. The number of anilines is 15. The SMILES string of the molecule is c1ccc(-c2cccc(-c3ccccc3)c2N2c3cc4c(cc3B3c5ccccc5N(c5ccccc5)c5cc(N(c6ccccc6)c6ccccc6)cc2c53)B2c3ccccc3N(c3ccc5[se]c6ccccc6c5c3)c3cc(N(c5ccccc5)c5ccc6[se]c7ccccc7c6c5)cc(c32)O4)cc1. The van der Waals surface area contributed by atoms with E-state index in [9.17, 15) is 0 Å². The van der Waals surface area contributed by atoms with E-state index in [1.165, 1.54) is 60.4 Å². The van der Waals surface area contributed by atoms with Gasteiger partial charge in [0.2, 0.25) is 0 Å². The van der Waals surface area contributed by atoms with E-state index in [2.05, 4.69) is 395 Å². The molecule has 16 aromatic carbocycles. The van der Waals surface area contributed by atoms with Gasteiger partial charge in [-0.05, 0) is 76.6 Å². The molecular formula is C96H61B2N5OSe2. The molecule has 0 radical (unpaired) electrons. The quantitative estimate of drug-likeness (QED) is 0.120. The van der Waals surface area contributed by atoms with Gasteiger partial charge in [0.25, 0.3) is 0 Å². The Bertz CT molecular complexity index is 6460. The van der Waals surface area contributed by atoms with E-state index in [4.69, 9.17) is 4.74 Å². The average molecular weight is 1480 g/mol. The Morgan fingerprint density at radius 2 is 0.689 bits per heavy atom. The van der Waals surface area contributed by atoms with Crippen LogP contribution < -0.4 is 62.0 Å². The van der Waals surface area contributed by atoms with Crippen LogP contribution >= 0.6 is 0 Å². The minimum Gasteiger partial charge on any atom is -0.0616 e. The van der Waals surface area contributed by atoms with Crippen molar-refractivity contribution in [3.05, 3.63) is 370 Å². The monoisotopic (exact) mass is 1480 g/mol. The van der Waals surface area contributed by atoms with Crippen LogP contribution in [0.2, 0.25) is 0 Å². The molecule has 2 aromatic heterocycles. The molecule has 0 saturated carbocycles. The number of nitrogens with zero attached hydrogens (tertiary/aromatic N) is 5. The van der Waals surface area contributed by atoms with Crippen LogP contribution in [0, 0.1) is 0 Å². The summed E-state index contributed by atoms with van der Waals surface area (Å²) in [5, 5.41) is 5.26. The molecule has 0 atom stereocenters. The molecule has 6 nitrogen and oxygen atoms in total. The largest absolute Gasteiger partial charge is 0.0616 e. The average Bonchev–Trinajstić information content (AvgIpc) is 0.803. The summed E-state index contributed by atoms with van der Waals surface area (Å²) in [5.41, 5.74) is 27.7. The van der Waals surface area contributed by atoms with Gasteiger partial charge in [-0.2, -0.15) is 0 Å². The molecule has 0 unspecified atom stereocenters. The molecule has 0 spiro atoms. The smallest absolute Gasteiger partial charge is 0.0543 e. The first-order chi connectivity index (χ1) is 52.6. The fourth-order valence-electron chi connectivity index (χ4n) is 17.6. The van der Waals surface area contributed by atoms with Crippen LogP contribution in [0.5, 0.6) is 11.5 Å². The van der Waals surface area contributed by atoms with Crippen molar-refractivity contribution in [2.45, 2.75) is 0 Å². The number of rotatable bonds is 11. The normalized spacial score (nSPS) is 12.9. The number of benzene rings is 16. The fourth-order valence-corrected chi connectivity index (χ4v) is 22.1. The molecule has 18 aromatic rings. The van der Waals surface area contributed by atoms with Gasteiger partial charge in [-0.3, -0.25) is 0 Å². The Morgan fingerprint density at radius 3 is 1.27 bits per heavy atom. The standard InChI is InChI=1S/C96H61B2N5OSe2/c1-7-28-62(29-8-1)72-42-27-43-73(63-30-9-2-10-31-63)96(72)103-84-61-88-81(60-80(84)97-78-44-21-23-46-82(78)101(67-38-17-6-18-39-67)85-56-70(57-86(103)94(85)97)99(64-32-11-3-12-33-64)65-34-13-4-14-35-65)98-79-45-22-24-47-83(79)102(69-51-53-93-77(55-69)75-41-20-26-49-91(75)106-93)87-58-71(59-89(104-88)95(87)98)100(66-36-15-5-16-37-66)68-50-52-92-76(54-68)74-40-19-25-48-90(74)105-92/h1-61H. The number of para-hydroxylation sites is 7. The molecule has 494 valence electrons. The van der Waals surface area contributed by atoms with Crippen molar-refractivity contribution in [2.75, 3.05) is 24.5 Å². The summed E-state index contributed by atoms with van der Waals surface area (Å²) < 4.78 is 13.8. The van der Waals surface area contributed by atoms with Gasteiger partial charge in [-0.1, -0.05) is 152 Å². The van der Waals surface area contributed by atoms with E-state index in [0.717, 1.165) is 130 Å². The molecule has 0 bridgehead atoms. The van der Waals surface area contributed by atoms with Crippen molar-refractivity contribution in [3.63, 3.8) is 0 Å². The van der Waals surface area contributed by atoms with E-state index >= 15 is 0 Å². The summed E-state index contributed by atoms with van der Waals surface area (Å²) in [4.78, 5) is 12.6. The molecule has 6 heterocycles. The minimum atomic E-state index is -0.249. The molecule has 0 saturated heterocycles. The van der Waals surface area contributed by atoms with E-state index in [1.54, 1.807) is 0 Å². The van der Waals surface area contributed by atoms with Crippen molar-refractivity contribution in [2.24, 2.45) is 0 Å². The van der Waals surface area contributed by atoms with Crippen molar-refractivity contribution in [1.29, 1.82) is 0 Å². The zero-order valence-corrected chi connectivity index (χ0v) is 60.8. The molecule has 106 heavy (non-hydrogen) atoms. The van der Waals surface area contributed by atoms with Crippen LogP contribution in [-0.4, -0.2) is 42.4 Å². The summed E-state index contributed by atoms with van der Waals surface area (Å²) in [6.45, 7) is -0.492. The maximum absolute atomic E-state index is 8.13. The van der Waals surface area contributed by atoms with E-state index in [1.807, 2.05) is 0 Å². The van der Waals surface area contributed by atoms with Gasteiger partial charge in [-0.25, -0.2) is 0 Å². The maximum atomic E-state index is 8.13. The van der Waals surface area contributed by atoms with Crippen LogP contribution in [0.25, 0.3) is 60.8 Å². The molecule has 10 heteroatoms. The van der Waals surface area contributed by atoms with Crippen molar-refractivity contribution in [3.8, 4) is 33.8 Å². The molecule has 0 aliphatic carbocycles. The van der Waals surface area contributed by atoms with Gasteiger partial charge in [0, 0.05) is 45.3 Å². The Hall–Kier alpha value is -12.5. The Balaban J connectivity index is 0.851. The van der Waals surface area contributed by atoms with E-state index < -0.39 is 0 Å². The van der Waals surface area contributed by atoms with Crippen LogP contribution in [0.4, 0.5) is 85.3 Å². The predicted octanol–water partition coefficient (Wildman–Crippen LogP) is 21.2. The number of hydrogen-bond acceptors (Lipinski definition) is 6. The van der Waals surface area contributed by atoms with Crippen LogP contribution in [-0.2, 0) is 0 Å². The van der Waals surface area contributed by atoms with Crippen LogP contribution in [0.15, 0.2) is 370 Å². The third kappa shape index (κ3) is 9.59. The molecule has 4 aliphatic heterocycles. The topological polar surface area (TPSA) is 25.4 Å². The molecule has 0 amide bonds. The maximum Gasteiger partial charge on any atom is -0.0543 e. The van der Waals surface area contributed by atoms with Crippen LogP contribution in [0.3, 0.4) is 0 Å². The Morgan fingerprint density at radius 1 is 0.245 bits per heavy atom. The van der Waals surface area contributed by atoms with Crippen molar-refractivity contribution in [1.82, 2.24) is 0 Å². The first-order valence-corrected chi connectivity index (χ1v) is 39.7. The van der Waals surface area contributed by atoms with E-state index in [0.29, 0.717) is 0 Å². The number of hydrogen-bond donors (Lipinski definition) is 0.